The highest BCUT2D eigenvalue weighted by Crippen LogP contribution is 2.22. The number of hydrogen-bond donors (Lipinski definition) is 2. The van der Waals surface area contributed by atoms with Crippen LogP contribution in [0.25, 0.3) is 0 Å². The smallest absolute Gasteiger partial charge is 0.275 e. The molecule has 0 atom stereocenters. The van der Waals surface area contributed by atoms with E-state index < -0.39 is 5.91 Å². The predicted molar refractivity (Wildman–Crippen MR) is 70.9 cm³/mol. The van der Waals surface area contributed by atoms with Crippen LogP contribution in [0, 0.1) is 12.7 Å². The highest BCUT2D eigenvalue weighted by molar-refractivity contribution is 7.16. The zero-order chi connectivity index (χ0) is 13.8. The Kier molecular flexibility index (Phi) is 3.86. The molecular formula is C12H10FN3O2S. The van der Waals surface area contributed by atoms with Crippen LogP contribution in [0.5, 0.6) is 0 Å². The lowest BCUT2D eigenvalue weighted by Gasteiger charge is -2.03. The quantitative estimate of drug-likeness (QED) is 0.844. The van der Waals surface area contributed by atoms with Crippen LogP contribution in [0.1, 0.15) is 15.4 Å². The van der Waals surface area contributed by atoms with E-state index in [2.05, 4.69) is 15.6 Å². The van der Waals surface area contributed by atoms with Crippen molar-refractivity contribution in [3.8, 4) is 0 Å². The molecule has 0 spiro atoms. The van der Waals surface area contributed by atoms with E-state index in [0.29, 0.717) is 22.1 Å². The van der Waals surface area contributed by atoms with Crippen molar-refractivity contribution in [2.75, 3.05) is 10.6 Å². The molecule has 0 bridgehead atoms. The average molecular weight is 279 g/mol. The largest absolute Gasteiger partial charge is 0.321 e. The van der Waals surface area contributed by atoms with Crippen molar-refractivity contribution in [3.05, 3.63) is 40.7 Å². The number of thiazole rings is 1. The van der Waals surface area contributed by atoms with E-state index in [9.17, 15) is 14.0 Å². The van der Waals surface area contributed by atoms with Gasteiger partial charge in [-0.25, -0.2) is 9.37 Å². The van der Waals surface area contributed by atoms with Crippen LogP contribution in [0.3, 0.4) is 0 Å². The first-order valence-electron chi connectivity index (χ1n) is 5.34. The van der Waals surface area contributed by atoms with Gasteiger partial charge < -0.3 is 10.6 Å². The second kappa shape index (κ2) is 5.57. The zero-order valence-corrected chi connectivity index (χ0v) is 10.8. The monoisotopic (exact) mass is 279 g/mol. The Labute approximate surface area is 112 Å². The van der Waals surface area contributed by atoms with E-state index in [4.69, 9.17) is 0 Å². The maximum Gasteiger partial charge on any atom is 0.275 e. The number of nitrogens with zero attached hydrogens (tertiary/aromatic N) is 1. The molecule has 2 rings (SSSR count). The van der Waals surface area contributed by atoms with E-state index in [-0.39, 0.29) is 11.5 Å². The highest BCUT2D eigenvalue weighted by Gasteiger charge is 2.15. The average Bonchev–Trinajstić information content (AvgIpc) is 2.74. The lowest BCUT2D eigenvalue weighted by Crippen LogP contribution is -2.13. The molecule has 0 radical (unpaired) electrons. The predicted octanol–water partition coefficient (Wildman–Crippen LogP) is 2.41. The number of benzene rings is 1. The van der Waals surface area contributed by atoms with Gasteiger partial charge in [0.25, 0.3) is 5.91 Å². The third-order valence-corrected chi connectivity index (χ3v) is 3.20. The summed E-state index contributed by atoms with van der Waals surface area (Å²) >= 11 is 1.21. The summed E-state index contributed by atoms with van der Waals surface area (Å²) in [6.07, 6.45) is 0.500. The Morgan fingerprint density at radius 1 is 1.37 bits per heavy atom. The maximum atomic E-state index is 12.7. The summed E-state index contributed by atoms with van der Waals surface area (Å²) in [6, 6.07) is 5.42. The molecule has 1 aromatic heterocycles. The molecule has 0 aliphatic rings. The second-order valence-electron chi connectivity index (χ2n) is 3.65. The molecule has 0 unspecified atom stereocenters. The summed E-state index contributed by atoms with van der Waals surface area (Å²) < 4.78 is 12.7. The van der Waals surface area contributed by atoms with Crippen molar-refractivity contribution >= 4 is 34.5 Å². The maximum absolute atomic E-state index is 12.7. The van der Waals surface area contributed by atoms with Gasteiger partial charge in [-0.2, -0.15) is 0 Å². The fourth-order valence-electron chi connectivity index (χ4n) is 1.44. The molecule has 98 valence electrons. The summed E-state index contributed by atoms with van der Waals surface area (Å²) in [5, 5.41) is 5.35. The van der Waals surface area contributed by atoms with Crippen molar-refractivity contribution in [2.24, 2.45) is 0 Å². The van der Waals surface area contributed by atoms with Crippen molar-refractivity contribution in [1.29, 1.82) is 0 Å². The van der Waals surface area contributed by atoms with Gasteiger partial charge in [-0.15, -0.1) is 11.3 Å². The number of anilines is 2. The van der Waals surface area contributed by atoms with Gasteiger partial charge in [-0.05, 0) is 31.2 Å². The molecule has 2 amide bonds. The molecule has 7 heteroatoms. The second-order valence-corrected chi connectivity index (χ2v) is 4.85. The summed E-state index contributed by atoms with van der Waals surface area (Å²) in [4.78, 5) is 27.0. The van der Waals surface area contributed by atoms with Gasteiger partial charge in [-0.3, -0.25) is 9.59 Å². The number of aryl methyl sites for hydroxylation is 1. The third kappa shape index (κ3) is 3.14. The van der Waals surface area contributed by atoms with Crippen LogP contribution in [0.15, 0.2) is 24.3 Å². The molecule has 0 aliphatic carbocycles. The first-order chi connectivity index (χ1) is 9.10. The van der Waals surface area contributed by atoms with Crippen LogP contribution in [0.2, 0.25) is 0 Å². The van der Waals surface area contributed by atoms with Crippen LogP contribution in [0.4, 0.5) is 15.2 Å². The first-order valence-corrected chi connectivity index (χ1v) is 6.16. The Hall–Kier alpha value is -2.28. The third-order valence-electron chi connectivity index (χ3n) is 2.30. The van der Waals surface area contributed by atoms with Crippen LogP contribution >= 0.6 is 11.3 Å². The fourth-order valence-corrected chi connectivity index (χ4v) is 2.21. The van der Waals surface area contributed by atoms with E-state index in [1.54, 1.807) is 6.92 Å². The molecule has 2 aromatic rings. The summed E-state index contributed by atoms with van der Waals surface area (Å²) in [7, 11) is 0. The van der Waals surface area contributed by atoms with Crippen molar-refractivity contribution in [1.82, 2.24) is 4.98 Å². The highest BCUT2D eigenvalue weighted by atomic mass is 32.1. The number of rotatable bonds is 4. The minimum absolute atomic E-state index is 0.235. The SMILES string of the molecule is Cc1sc(NC=O)nc1C(=O)Nc1ccc(F)cc1. The molecule has 0 fully saturated rings. The minimum atomic E-state index is -0.403. The van der Waals surface area contributed by atoms with Crippen molar-refractivity contribution in [2.45, 2.75) is 6.92 Å². The Bertz CT molecular complexity index is 610. The fraction of sp³-hybridized carbons (Fsp3) is 0.0833. The number of hydrogen-bond acceptors (Lipinski definition) is 4. The van der Waals surface area contributed by atoms with Gasteiger partial charge in [-0.1, -0.05) is 0 Å². The van der Waals surface area contributed by atoms with Crippen LogP contribution in [-0.2, 0) is 4.79 Å². The topological polar surface area (TPSA) is 71.1 Å². The lowest BCUT2D eigenvalue weighted by molar-refractivity contribution is -0.105. The Balaban J connectivity index is 2.15. The Morgan fingerprint density at radius 3 is 2.68 bits per heavy atom. The van der Waals surface area contributed by atoms with E-state index >= 15 is 0 Å². The van der Waals surface area contributed by atoms with Crippen LogP contribution < -0.4 is 10.6 Å². The van der Waals surface area contributed by atoms with E-state index in [0.717, 1.165) is 0 Å². The first kappa shape index (κ1) is 13.2. The molecule has 0 saturated heterocycles. The van der Waals surface area contributed by atoms with Crippen molar-refractivity contribution < 1.29 is 14.0 Å². The summed E-state index contributed by atoms with van der Waals surface area (Å²) in [5.74, 6) is -0.778. The van der Waals surface area contributed by atoms with E-state index in [1.807, 2.05) is 0 Å². The van der Waals surface area contributed by atoms with Crippen molar-refractivity contribution in [3.63, 3.8) is 0 Å². The van der Waals surface area contributed by atoms with Gasteiger partial charge in [0.05, 0.1) is 0 Å². The summed E-state index contributed by atoms with van der Waals surface area (Å²) in [6.45, 7) is 1.73. The number of aromatic nitrogens is 1. The molecule has 1 aromatic carbocycles. The van der Waals surface area contributed by atoms with E-state index in [1.165, 1.54) is 35.6 Å². The molecule has 0 saturated carbocycles. The zero-order valence-electron chi connectivity index (χ0n) is 9.94. The Morgan fingerprint density at radius 2 is 2.05 bits per heavy atom. The molecule has 19 heavy (non-hydrogen) atoms. The molecule has 1 heterocycles. The van der Waals surface area contributed by atoms with Gasteiger partial charge in [0.1, 0.15) is 11.5 Å². The van der Waals surface area contributed by atoms with Gasteiger partial charge in [0.15, 0.2) is 5.13 Å². The molecule has 0 aliphatic heterocycles. The minimum Gasteiger partial charge on any atom is -0.321 e. The van der Waals surface area contributed by atoms with Gasteiger partial charge >= 0.3 is 0 Å². The number of carbonyl (C=O) groups is 2. The molecular weight excluding hydrogens is 269 g/mol. The number of amides is 2. The lowest BCUT2D eigenvalue weighted by atomic mass is 10.3. The van der Waals surface area contributed by atoms with Gasteiger partial charge in [0.2, 0.25) is 6.41 Å². The molecule has 5 nitrogen and oxygen atoms in total. The molecule has 2 N–H and O–H groups in total. The normalized spacial score (nSPS) is 10.0. The number of halogens is 1. The number of nitrogens with one attached hydrogen (secondary N) is 2. The summed E-state index contributed by atoms with van der Waals surface area (Å²) in [5.41, 5.74) is 0.711. The van der Waals surface area contributed by atoms with Gasteiger partial charge in [0, 0.05) is 10.6 Å². The number of carbonyl (C=O) groups excluding carboxylic acids is 2. The standard InChI is InChI=1S/C12H10FN3O2S/c1-7-10(16-12(19-7)14-6-17)11(18)15-9-4-2-8(13)3-5-9/h2-6H,1H3,(H,15,18)(H,14,16,17). The van der Waals surface area contributed by atoms with Crippen LogP contribution in [-0.4, -0.2) is 17.3 Å².